The summed E-state index contributed by atoms with van der Waals surface area (Å²) in [5, 5.41) is 9.33. The second-order valence-electron chi connectivity index (χ2n) is 11.8. The molecule has 0 radical (unpaired) electrons. The third-order valence-electron chi connectivity index (χ3n) is 8.34. The summed E-state index contributed by atoms with van der Waals surface area (Å²) in [5.74, 6) is 0.303. The summed E-state index contributed by atoms with van der Waals surface area (Å²) in [6.07, 6.45) is 10.8. The van der Waals surface area contributed by atoms with E-state index in [0.717, 1.165) is 11.5 Å². The highest BCUT2D eigenvalue weighted by molar-refractivity contribution is 5.87. The van der Waals surface area contributed by atoms with Gasteiger partial charge >= 0.3 is 11.9 Å². The van der Waals surface area contributed by atoms with Gasteiger partial charge < -0.3 is 19.3 Å². The predicted molar refractivity (Wildman–Crippen MR) is 169 cm³/mol. The fraction of sp³-hybridized carbons (Fsp3) is 0.556. The summed E-state index contributed by atoms with van der Waals surface area (Å²) in [4.78, 5) is 24.6. The molecule has 0 bridgehead atoms. The lowest BCUT2D eigenvalue weighted by Gasteiger charge is -2.30. The first-order valence-electron chi connectivity index (χ1n) is 15.4. The van der Waals surface area contributed by atoms with Crippen molar-refractivity contribution in [3.05, 3.63) is 84.2 Å². The number of benzene rings is 1. The van der Waals surface area contributed by atoms with Gasteiger partial charge in [0.05, 0.1) is 26.4 Å². The van der Waals surface area contributed by atoms with Crippen LogP contribution < -0.4 is 0 Å². The van der Waals surface area contributed by atoms with Gasteiger partial charge in [-0.1, -0.05) is 83.2 Å². The van der Waals surface area contributed by atoms with Crippen LogP contribution in [0.4, 0.5) is 0 Å². The highest BCUT2D eigenvalue weighted by Crippen LogP contribution is 2.39. The second-order valence-corrected chi connectivity index (χ2v) is 11.8. The quantitative estimate of drug-likeness (QED) is 0.0588. The molecule has 232 valence electrons. The zero-order chi connectivity index (χ0) is 31.1. The van der Waals surface area contributed by atoms with E-state index in [2.05, 4.69) is 57.5 Å². The summed E-state index contributed by atoms with van der Waals surface area (Å²) in [7, 11) is 0. The van der Waals surface area contributed by atoms with Gasteiger partial charge in [0.2, 0.25) is 0 Å². The molecule has 0 saturated heterocycles. The summed E-state index contributed by atoms with van der Waals surface area (Å²) in [5.41, 5.74) is 3.37. The van der Waals surface area contributed by atoms with Gasteiger partial charge in [-0.05, 0) is 68.9 Å². The predicted octanol–water partition coefficient (Wildman–Crippen LogP) is 7.95. The number of esters is 2. The third kappa shape index (κ3) is 11.6. The molecule has 1 aromatic rings. The van der Waals surface area contributed by atoms with Crippen molar-refractivity contribution in [2.75, 3.05) is 26.4 Å². The number of carbonyl (C=O) groups is 2. The second kappa shape index (κ2) is 18.4. The number of aliphatic hydroxyl groups is 1. The van der Waals surface area contributed by atoms with Gasteiger partial charge in [-0.3, -0.25) is 0 Å². The molecule has 1 aliphatic rings. The van der Waals surface area contributed by atoms with E-state index in [-0.39, 0.29) is 38.3 Å². The fourth-order valence-electron chi connectivity index (χ4n) is 5.51. The van der Waals surface area contributed by atoms with Crippen LogP contribution >= 0.6 is 0 Å². The topological polar surface area (TPSA) is 82.1 Å². The Morgan fingerprint density at radius 3 is 2.02 bits per heavy atom. The van der Waals surface area contributed by atoms with Crippen LogP contribution in [0.1, 0.15) is 102 Å². The van der Waals surface area contributed by atoms with Crippen molar-refractivity contribution in [2.45, 2.75) is 90.4 Å². The maximum atomic E-state index is 12.3. The Kier molecular flexibility index (Phi) is 15.4. The standard InChI is InChI=1S/C36H52O6/c1-8-9-10-11-29-12-14-30(15-13-29)31-16-18-32(19-17-31)34(24-42-36(39)26(4)5)33(23-41-35(38)25(2)3)20-21-40-28(7)27(6)22-37/h16-19,29-30,33-34,37H,2,4,6-15,20-24H2,1,3,5H3. The van der Waals surface area contributed by atoms with Crippen LogP contribution in [0.15, 0.2) is 73.1 Å². The smallest absolute Gasteiger partial charge is 0.333 e. The summed E-state index contributed by atoms with van der Waals surface area (Å²) in [6.45, 7) is 20.6. The van der Waals surface area contributed by atoms with E-state index in [1.165, 1.54) is 56.9 Å². The Labute approximate surface area is 253 Å². The molecule has 2 atom stereocenters. The average Bonchev–Trinajstić information content (AvgIpc) is 2.99. The van der Waals surface area contributed by atoms with Gasteiger partial charge in [0, 0.05) is 28.6 Å². The number of carbonyl (C=O) groups excluding carboxylic acids is 2. The van der Waals surface area contributed by atoms with Gasteiger partial charge in [0.1, 0.15) is 5.76 Å². The summed E-state index contributed by atoms with van der Waals surface area (Å²) < 4.78 is 16.9. The largest absolute Gasteiger partial charge is 0.494 e. The van der Waals surface area contributed by atoms with Crippen LogP contribution in [0, 0.1) is 11.8 Å². The molecule has 0 aliphatic heterocycles. The Bertz CT molecular complexity index is 1060. The van der Waals surface area contributed by atoms with E-state index >= 15 is 0 Å². The van der Waals surface area contributed by atoms with Crippen molar-refractivity contribution in [2.24, 2.45) is 11.8 Å². The van der Waals surface area contributed by atoms with Gasteiger partial charge in [0.25, 0.3) is 0 Å². The maximum absolute atomic E-state index is 12.3. The van der Waals surface area contributed by atoms with Crippen LogP contribution in [0.25, 0.3) is 0 Å². The molecule has 1 aliphatic carbocycles. The first-order valence-corrected chi connectivity index (χ1v) is 15.4. The third-order valence-corrected chi connectivity index (χ3v) is 8.34. The molecule has 2 unspecified atom stereocenters. The van der Waals surface area contributed by atoms with Crippen molar-refractivity contribution in [1.82, 2.24) is 0 Å². The number of hydrogen-bond donors (Lipinski definition) is 1. The van der Waals surface area contributed by atoms with Crippen molar-refractivity contribution in [3.63, 3.8) is 0 Å². The molecule has 0 spiro atoms. The molecule has 1 N–H and O–H groups in total. The summed E-state index contributed by atoms with van der Waals surface area (Å²) in [6, 6.07) is 8.63. The monoisotopic (exact) mass is 580 g/mol. The van der Waals surface area contributed by atoms with Gasteiger partial charge in [0.15, 0.2) is 0 Å². The normalized spacial score (nSPS) is 17.9. The van der Waals surface area contributed by atoms with Crippen LogP contribution in [-0.4, -0.2) is 43.5 Å². The molecule has 1 saturated carbocycles. The fourth-order valence-corrected chi connectivity index (χ4v) is 5.51. The van der Waals surface area contributed by atoms with E-state index in [1.807, 2.05) is 0 Å². The molecule has 0 aromatic heterocycles. The molecular formula is C36H52O6. The number of hydrogen-bond acceptors (Lipinski definition) is 6. The first-order chi connectivity index (χ1) is 20.1. The van der Waals surface area contributed by atoms with Crippen LogP contribution in [0.3, 0.4) is 0 Å². The lowest BCUT2D eigenvalue weighted by Crippen LogP contribution is -2.27. The van der Waals surface area contributed by atoms with Crippen molar-refractivity contribution in [1.29, 1.82) is 0 Å². The number of unbranched alkanes of at least 4 members (excludes halogenated alkanes) is 2. The minimum Gasteiger partial charge on any atom is -0.494 e. The molecule has 1 fully saturated rings. The Morgan fingerprint density at radius 2 is 1.48 bits per heavy atom. The number of aliphatic hydroxyl groups excluding tert-OH is 1. The van der Waals surface area contributed by atoms with Gasteiger partial charge in [-0.25, -0.2) is 9.59 Å². The van der Waals surface area contributed by atoms with Gasteiger partial charge in [-0.15, -0.1) is 0 Å². The molecule has 0 heterocycles. The molecule has 1 aromatic carbocycles. The highest BCUT2D eigenvalue weighted by atomic mass is 16.5. The minimum atomic E-state index is -0.475. The van der Waals surface area contributed by atoms with Crippen LogP contribution in [-0.2, 0) is 23.8 Å². The molecule has 42 heavy (non-hydrogen) atoms. The average molecular weight is 581 g/mol. The molecule has 0 amide bonds. The van der Waals surface area contributed by atoms with E-state index < -0.39 is 11.9 Å². The molecule has 2 rings (SSSR count). The number of ether oxygens (including phenoxy) is 3. The SMILES string of the molecule is C=C(C)C(=O)OCC(CCOC(=C)C(=C)CO)C(COC(=O)C(=C)C)c1ccc(C2CCC(CCCCC)CC2)cc1. The summed E-state index contributed by atoms with van der Waals surface area (Å²) >= 11 is 0. The Hall–Kier alpha value is -3.12. The van der Waals surface area contributed by atoms with Crippen molar-refractivity contribution >= 4 is 11.9 Å². The van der Waals surface area contributed by atoms with Crippen molar-refractivity contribution in [3.8, 4) is 0 Å². The lowest BCUT2D eigenvalue weighted by atomic mass is 9.76. The van der Waals surface area contributed by atoms with E-state index in [4.69, 9.17) is 14.2 Å². The zero-order valence-electron chi connectivity index (χ0n) is 26.1. The van der Waals surface area contributed by atoms with Crippen LogP contribution in [0.2, 0.25) is 0 Å². The van der Waals surface area contributed by atoms with E-state index in [0.29, 0.717) is 34.8 Å². The highest BCUT2D eigenvalue weighted by Gasteiger charge is 2.28. The Morgan fingerprint density at radius 1 is 0.881 bits per heavy atom. The van der Waals surface area contributed by atoms with E-state index in [9.17, 15) is 14.7 Å². The maximum Gasteiger partial charge on any atom is 0.333 e. The number of rotatable bonds is 19. The van der Waals surface area contributed by atoms with Crippen LogP contribution in [0.5, 0.6) is 0 Å². The lowest BCUT2D eigenvalue weighted by molar-refractivity contribution is -0.143. The first kappa shape index (κ1) is 35.1. The van der Waals surface area contributed by atoms with Gasteiger partial charge in [-0.2, -0.15) is 0 Å². The molecular weight excluding hydrogens is 528 g/mol. The molecule has 6 heteroatoms. The van der Waals surface area contributed by atoms with E-state index in [1.54, 1.807) is 13.8 Å². The Balaban J connectivity index is 2.22. The van der Waals surface area contributed by atoms with Crippen molar-refractivity contribution < 1.29 is 28.9 Å². The molecule has 6 nitrogen and oxygen atoms in total. The zero-order valence-corrected chi connectivity index (χ0v) is 26.1. The minimum absolute atomic E-state index is 0.0988.